The number of aliphatic hydroxyl groups is 1. The van der Waals surface area contributed by atoms with Gasteiger partial charge in [-0.1, -0.05) is 72.6 Å². The molecule has 19 N–H and O–H groups in total. The Morgan fingerprint density at radius 3 is 1.65 bits per heavy atom. The van der Waals surface area contributed by atoms with Crippen molar-refractivity contribution in [3.63, 3.8) is 0 Å². The molecule has 1 aliphatic rings. The molecule has 1 aromatic heterocycles. The van der Waals surface area contributed by atoms with Crippen molar-refractivity contribution in [2.75, 3.05) is 6.54 Å². The summed E-state index contributed by atoms with van der Waals surface area (Å²) >= 11 is 0. The third kappa shape index (κ3) is 21.4. The number of aromatic amines is 1. The van der Waals surface area contributed by atoms with Crippen LogP contribution >= 0.6 is 0 Å². The molecule has 2 aromatic rings. The lowest BCUT2D eigenvalue weighted by Crippen LogP contribution is -2.63. The highest BCUT2D eigenvalue weighted by Crippen LogP contribution is 2.22. The minimum absolute atomic E-state index is 0.0347. The number of likely N-dealkylation sites (tertiary alicyclic amines) is 1. The molecule has 31 heteroatoms. The van der Waals surface area contributed by atoms with Gasteiger partial charge in [-0.2, -0.15) is 0 Å². The van der Waals surface area contributed by atoms with E-state index in [2.05, 4.69) is 47.5 Å². The van der Waals surface area contributed by atoms with Gasteiger partial charge in [0.1, 0.15) is 54.4 Å². The third-order valence-corrected chi connectivity index (χ3v) is 14.8. The molecular formula is C55H83N13O18. The number of amides is 11. The number of nitrogens with zero attached hydrogens (tertiary/aromatic N) is 1. The lowest BCUT2D eigenvalue weighted by molar-refractivity contribution is -0.146. The van der Waals surface area contributed by atoms with Crippen LogP contribution in [0, 0.1) is 17.8 Å². The maximum absolute atomic E-state index is 14.7. The maximum atomic E-state index is 14.7. The number of rotatable bonds is 36. The number of carboxylic acid groups (broad SMARTS) is 3. The molecular weight excluding hydrogens is 1130 g/mol. The zero-order valence-electron chi connectivity index (χ0n) is 49.1. The Morgan fingerprint density at radius 2 is 1.10 bits per heavy atom. The highest BCUT2D eigenvalue weighted by molar-refractivity contribution is 6.00. The second-order valence-corrected chi connectivity index (χ2v) is 21.8. The first-order valence-corrected chi connectivity index (χ1v) is 28.3. The van der Waals surface area contributed by atoms with Crippen LogP contribution in [0.5, 0.6) is 0 Å². The van der Waals surface area contributed by atoms with Crippen molar-refractivity contribution < 1.29 is 87.5 Å². The zero-order valence-corrected chi connectivity index (χ0v) is 49.1. The van der Waals surface area contributed by atoms with Gasteiger partial charge in [0.15, 0.2) is 0 Å². The molecule has 86 heavy (non-hydrogen) atoms. The predicted molar refractivity (Wildman–Crippen MR) is 305 cm³/mol. The fourth-order valence-corrected chi connectivity index (χ4v) is 9.39. The standard InChI is InChI=1S/C55H83N13O18/c1-8-26(5)43(66-53(83)44(27(6)9-2)65-46(76)31(56)22-41(74)75)52(82)62-35(21-29-24-59-32-14-11-10-13-30(29)32)48(78)60-33(17-19-40(72)73)47(77)64-42(25(3)4)51(81)63-36(23-39(58)71)49(79)67-45(28(7)69)54(84)68-20-12-15-37(68)50(80)61-34(55(85)86)16-18-38(57)70/h10-11,13-14,24-28,31,33-37,42-45,59,69H,8-9,12,15-23,56H2,1-7H3,(H2,57,70)(H2,58,71)(H,60,78)(H,61,80)(H,62,82)(H,63,81)(H,64,77)(H,65,76)(H,66,83)(H,67,79)(H,72,73)(H,74,75)(H,85,86)/t26-,27-,28+,31-,33-,34-,35-,36-,37-,42-,43-,44-,45-/m0/s1. The lowest BCUT2D eigenvalue weighted by Gasteiger charge is -2.32. The summed E-state index contributed by atoms with van der Waals surface area (Å²) in [6, 6.07) is -8.75. The van der Waals surface area contributed by atoms with Crippen LogP contribution in [0.2, 0.25) is 0 Å². The largest absolute Gasteiger partial charge is 0.481 e. The van der Waals surface area contributed by atoms with Gasteiger partial charge in [-0.15, -0.1) is 0 Å². The van der Waals surface area contributed by atoms with Crippen LogP contribution in [0.4, 0.5) is 0 Å². The highest BCUT2D eigenvalue weighted by atomic mass is 16.4. The average Bonchev–Trinajstić information content (AvgIpc) is 2.76. The second kappa shape index (κ2) is 33.7. The van der Waals surface area contributed by atoms with Crippen LogP contribution in [0.1, 0.15) is 118 Å². The van der Waals surface area contributed by atoms with E-state index < -0.39 is 193 Å². The van der Waals surface area contributed by atoms with Gasteiger partial charge < -0.3 is 90.0 Å². The topological polar surface area (TPSA) is 513 Å². The Hall–Kier alpha value is -8.74. The molecule has 1 aliphatic heterocycles. The number of nitrogens with two attached hydrogens (primary N) is 3. The quantitative estimate of drug-likeness (QED) is 0.0316. The highest BCUT2D eigenvalue weighted by Gasteiger charge is 2.42. The number of aromatic nitrogens is 1. The van der Waals surface area contributed by atoms with Crippen molar-refractivity contribution in [3.05, 3.63) is 36.0 Å². The molecule has 0 bridgehead atoms. The van der Waals surface area contributed by atoms with E-state index in [1.54, 1.807) is 58.2 Å². The third-order valence-electron chi connectivity index (χ3n) is 14.8. The van der Waals surface area contributed by atoms with Crippen molar-refractivity contribution in [2.45, 2.75) is 186 Å². The number of benzene rings is 1. The van der Waals surface area contributed by atoms with E-state index in [9.17, 15) is 87.5 Å². The maximum Gasteiger partial charge on any atom is 0.326 e. The van der Waals surface area contributed by atoms with E-state index >= 15 is 0 Å². The monoisotopic (exact) mass is 1210 g/mol. The molecule has 13 atom stereocenters. The van der Waals surface area contributed by atoms with Crippen LogP contribution in [0.3, 0.4) is 0 Å². The molecule has 0 spiro atoms. The van der Waals surface area contributed by atoms with Crippen molar-refractivity contribution in [1.82, 2.24) is 52.4 Å². The van der Waals surface area contributed by atoms with Crippen LogP contribution in [0.15, 0.2) is 30.5 Å². The van der Waals surface area contributed by atoms with Crippen LogP contribution < -0.4 is 59.7 Å². The van der Waals surface area contributed by atoms with Crippen molar-refractivity contribution in [2.24, 2.45) is 35.0 Å². The first kappa shape index (κ1) is 71.5. The lowest BCUT2D eigenvalue weighted by atomic mass is 9.94. The van der Waals surface area contributed by atoms with Gasteiger partial charge in [-0.3, -0.25) is 62.3 Å². The fraction of sp³-hybridized carbons (Fsp3) is 0.600. The minimum atomic E-state index is -1.89. The molecule has 1 aromatic carbocycles. The summed E-state index contributed by atoms with van der Waals surface area (Å²) in [5.41, 5.74) is 17.5. The van der Waals surface area contributed by atoms with Crippen LogP contribution in [-0.4, -0.2) is 186 Å². The summed E-state index contributed by atoms with van der Waals surface area (Å²) in [5.74, 6) is -17.3. The van der Waals surface area contributed by atoms with E-state index in [0.29, 0.717) is 29.3 Å². The zero-order chi connectivity index (χ0) is 64.9. The van der Waals surface area contributed by atoms with Gasteiger partial charge in [0.2, 0.25) is 65.0 Å². The summed E-state index contributed by atoms with van der Waals surface area (Å²) in [6.07, 6.45) is -3.15. The van der Waals surface area contributed by atoms with E-state index in [4.69, 9.17) is 17.2 Å². The number of H-pyrrole nitrogens is 1. The average molecular weight is 1210 g/mol. The number of hydrogen-bond donors (Lipinski definition) is 16. The fourth-order valence-electron chi connectivity index (χ4n) is 9.39. The second-order valence-electron chi connectivity index (χ2n) is 21.8. The SMILES string of the molecule is CC[C@H](C)[C@H](NC(=O)[C@@H](NC(=O)[C@@H](N)CC(=O)O)[C@@H](C)CC)C(=O)N[C@@H](Cc1c[nH]c2ccccc12)C(=O)N[C@@H](CCC(=O)O)C(=O)N[C@H](C(=O)N[C@@H](CC(N)=O)C(=O)N[C@H](C(=O)N1CCC[C@H]1C(=O)N[C@@H](CCC(N)=O)C(=O)O)[C@@H](C)O)C(C)C. The van der Waals surface area contributed by atoms with E-state index in [-0.39, 0.29) is 38.6 Å². The summed E-state index contributed by atoms with van der Waals surface area (Å²) < 4.78 is 0. The molecule has 11 amide bonds. The van der Waals surface area contributed by atoms with Gasteiger partial charge >= 0.3 is 17.9 Å². The Morgan fingerprint density at radius 1 is 0.593 bits per heavy atom. The van der Waals surface area contributed by atoms with Crippen LogP contribution in [0.25, 0.3) is 10.9 Å². The molecule has 1 saturated heterocycles. The Balaban J connectivity index is 1.95. The van der Waals surface area contributed by atoms with Gasteiger partial charge in [0, 0.05) is 42.9 Å². The molecule has 31 nitrogen and oxygen atoms in total. The normalized spacial score (nSPS) is 17.2. The van der Waals surface area contributed by atoms with E-state index in [1.807, 2.05) is 0 Å². The number of primary amides is 2. The van der Waals surface area contributed by atoms with E-state index in [1.165, 1.54) is 13.8 Å². The summed E-state index contributed by atoms with van der Waals surface area (Å²) in [6.45, 7) is 10.7. The number of hydrogen-bond acceptors (Lipinski definition) is 16. The number of para-hydroxylation sites is 1. The first-order chi connectivity index (χ1) is 40.3. The van der Waals surface area contributed by atoms with Crippen LogP contribution in [-0.2, 0) is 73.5 Å². The molecule has 476 valence electrons. The van der Waals surface area contributed by atoms with Crippen molar-refractivity contribution in [3.8, 4) is 0 Å². The van der Waals surface area contributed by atoms with Gasteiger partial charge in [0.05, 0.1) is 25.0 Å². The number of aliphatic carboxylic acids is 3. The summed E-state index contributed by atoms with van der Waals surface area (Å²) in [7, 11) is 0. The Bertz CT molecular complexity index is 2810. The number of nitrogens with one attached hydrogen (secondary N) is 9. The summed E-state index contributed by atoms with van der Waals surface area (Å²) in [5, 5.41) is 59.6. The molecule has 0 saturated carbocycles. The molecule has 1 fully saturated rings. The molecule has 0 radical (unpaired) electrons. The number of aliphatic hydroxyl groups excluding tert-OH is 1. The minimum Gasteiger partial charge on any atom is -0.481 e. The van der Waals surface area contributed by atoms with Gasteiger partial charge in [0.25, 0.3) is 0 Å². The van der Waals surface area contributed by atoms with Crippen molar-refractivity contribution in [1.29, 1.82) is 0 Å². The molecule has 3 rings (SSSR count). The smallest absolute Gasteiger partial charge is 0.326 e. The van der Waals surface area contributed by atoms with E-state index in [0.717, 1.165) is 11.8 Å². The first-order valence-electron chi connectivity index (χ1n) is 28.3. The Kier molecular flexibility index (Phi) is 28.0. The number of carbonyl (C=O) groups excluding carboxylic acids is 11. The number of carbonyl (C=O) groups is 14. The molecule has 0 unspecified atom stereocenters. The van der Waals surface area contributed by atoms with Crippen molar-refractivity contribution >= 4 is 93.8 Å². The molecule has 2 heterocycles. The Labute approximate surface area is 495 Å². The molecule has 0 aliphatic carbocycles. The van der Waals surface area contributed by atoms with Gasteiger partial charge in [-0.25, -0.2) is 4.79 Å². The predicted octanol–water partition coefficient (Wildman–Crippen LogP) is -3.40. The van der Waals surface area contributed by atoms with Gasteiger partial charge in [-0.05, 0) is 62.0 Å². The number of fused-ring (bicyclic) bond motifs is 1. The number of carboxylic acids is 3. The summed E-state index contributed by atoms with van der Waals surface area (Å²) in [4.78, 5) is 189.